The summed E-state index contributed by atoms with van der Waals surface area (Å²) in [6.45, 7) is 4.83. The number of nitrogens with one attached hydrogen (secondary N) is 1. The van der Waals surface area contributed by atoms with Crippen LogP contribution in [0.5, 0.6) is 0 Å². The molecule has 0 fully saturated rings. The van der Waals surface area contributed by atoms with Crippen molar-refractivity contribution in [2.24, 2.45) is 0 Å². The van der Waals surface area contributed by atoms with Crippen LogP contribution in [0.2, 0.25) is 0 Å². The molecule has 2 nitrogen and oxygen atoms in total. The van der Waals surface area contributed by atoms with Crippen LogP contribution < -0.4 is 5.32 Å². The number of aliphatic hydroxyl groups excluding tert-OH is 1. The van der Waals surface area contributed by atoms with E-state index in [1.54, 1.807) is 0 Å². The van der Waals surface area contributed by atoms with E-state index in [4.69, 9.17) is 5.11 Å². The Kier molecular flexibility index (Phi) is 6.25. The van der Waals surface area contributed by atoms with Gasteiger partial charge in [-0.05, 0) is 13.8 Å². The van der Waals surface area contributed by atoms with Gasteiger partial charge in [-0.1, -0.05) is 0 Å². The van der Waals surface area contributed by atoms with Gasteiger partial charge in [-0.15, -0.1) is 11.8 Å². The van der Waals surface area contributed by atoms with Crippen molar-refractivity contribution >= 4 is 0 Å². The molecule has 1 unspecified atom stereocenters. The topological polar surface area (TPSA) is 32.3 Å². The van der Waals surface area contributed by atoms with Crippen LogP contribution in [0.1, 0.15) is 20.3 Å². The zero-order valence-corrected chi connectivity index (χ0v) is 6.65. The predicted molar refractivity (Wildman–Crippen MR) is 42.6 cm³/mol. The lowest BCUT2D eigenvalue weighted by atomic mass is 10.3. The maximum atomic E-state index is 8.59. The van der Waals surface area contributed by atoms with Crippen LogP contribution in [0.4, 0.5) is 0 Å². The average Bonchev–Trinajstić information content (AvgIpc) is 1.98. The Labute approximate surface area is 62.6 Å². The van der Waals surface area contributed by atoms with E-state index >= 15 is 0 Å². The Bertz CT molecular complexity index is 123. The standard InChI is InChI=1S/C8H15NO/c1-3-4-5-6-9-8(2)7-10/h8-10H,5-7H2,1-2H3. The molecular weight excluding hydrogens is 126 g/mol. The minimum Gasteiger partial charge on any atom is -0.395 e. The SMILES string of the molecule is CC#CCCNC(C)CO. The van der Waals surface area contributed by atoms with E-state index in [0.717, 1.165) is 13.0 Å². The van der Waals surface area contributed by atoms with Gasteiger partial charge in [0, 0.05) is 19.0 Å². The summed E-state index contributed by atoms with van der Waals surface area (Å²) in [5.74, 6) is 5.74. The smallest absolute Gasteiger partial charge is 0.0581 e. The van der Waals surface area contributed by atoms with E-state index in [-0.39, 0.29) is 12.6 Å². The fraction of sp³-hybridized carbons (Fsp3) is 0.750. The molecule has 0 heterocycles. The highest BCUT2D eigenvalue weighted by Crippen LogP contribution is 1.78. The first kappa shape index (κ1) is 9.48. The maximum Gasteiger partial charge on any atom is 0.0581 e. The minimum atomic E-state index is 0.193. The van der Waals surface area contributed by atoms with E-state index in [0.29, 0.717) is 0 Å². The van der Waals surface area contributed by atoms with Gasteiger partial charge in [0.1, 0.15) is 0 Å². The van der Waals surface area contributed by atoms with Gasteiger partial charge >= 0.3 is 0 Å². The molecule has 1 atom stereocenters. The highest BCUT2D eigenvalue weighted by molar-refractivity contribution is 4.95. The molecule has 0 saturated carbocycles. The summed E-state index contributed by atoms with van der Waals surface area (Å²) in [4.78, 5) is 0. The summed E-state index contributed by atoms with van der Waals surface area (Å²) in [6.07, 6.45) is 0.862. The van der Waals surface area contributed by atoms with Crippen molar-refractivity contribution in [3.63, 3.8) is 0 Å². The fourth-order valence-electron chi connectivity index (χ4n) is 0.571. The van der Waals surface area contributed by atoms with Gasteiger partial charge in [-0.3, -0.25) is 0 Å². The second-order valence-electron chi connectivity index (χ2n) is 2.21. The number of aliphatic hydroxyl groups is 1. The summed E-state index contributed by atoms with van der Waals surface area (Å²) in [6, 6.07) is 0.193. The van der Waals surface area contributed by atoms with Gasteiger partial charge in [0.05, 0.1) is 6.61 Å². The van der Waals surface area contributed by atoms with Crippen LogP contribution in [0.15, 0.2) is 0 Å². The third kappa shape index (κ3) is 5.61. The van der Waals surface area contributed by atoms with Crippen molar-refractivity contribution in [3.8, 4) is 11.8 Å². The van der Waals surface area contributed by atoms with E-state index in [2.05, 4.69) is 17.2 Å². The van der Waals surface area contributed by atoms with Gasteiger partial charge in [0.25, 0.3) is 0 Å². The summed E-state index contributed by atoms with van der Waals surface area (Å²) >= 11 is 0. The minimum absolute atomic E-state index is 0.193. The second-order valence-corrected chi connectivity index (χ2v) is 2.21. The first-order valence-electron chi connectivity index (χ1n) is 3.55. The summed E-state index contributed by atoms with van der Waals surface area (Å²) < 4.78 is 0. The Balaban J connectivity index is 3.08. The van der Waals surface area contributed by atoms with Crippen LogP contribution in [0.25, 0.3) is 0 Å². The quantitative estimate of drug-likeness (QED) is 0.438. The van der Waals surface area contributed by atoms with Crippen LogP contribution in [0, 0.1) is 11.8 Å². The third-order valence-electron chi connectivity index (χ3n) is 1.19. The molecule has 2 heteroatoms. The molecule has 0 aromatic heterocycles. The van der Waals surface area contributed by atoms with Crippen molar-refractivity contribution in [1.82, 2.24) is 5.32 Å². The van der Waals surface area contributed by atoms with E-state index in [9.17, 15) is 0 Å². The summed E-state index contributed by atoms with van der Waals surface area (Å²) in [5, 5.41) is 11.7. The van der Waals surface area contributed by atoms with Crippen molar-refractivity contribution in [2.75, 3.05) is 13.2 Å². The Hall–Kier alpha value is -0.520. The van der Waals surface area contributed by atoms with E-state index < -0.39 is 0 Å². The molecule has 0 rings (SSSR count). The Morgan fingerprint density at radius 3 is 2.80 bits per heavy atom. The molecule has 0 aliphatic heterocycles. The van der Waals surface area contributed by atoms with Crippen molar-refractivity contribution in [1.29, 1.82) is 0 Å². The maximum absolute atomic E-state index is 8.59. The lowest BCUT2D eigenvalue weighted by Crippen LogP contribution is -2.29. The molecule has 0 aromatic carbocycles. The Morgan fingerprint density at radius 2 is 2.30 bits per heavy atom. The van der Waals surface area contributed by atoms with Crippen LogP contribution in [-0.4, -0.2) is 24.3 Å². The lowest BCUT2D eigenvalue weighted by Gasteiger charge is -2.07. The third-order valence-corrected chi connectivity index (χ3v) is 1.19. The Morgan fingerprint density at radius 1 is 1.60 bits per heavy atom. The second kappa shape index (κ2) is 6.60. The van der Waals surface area contributed by atoms with Gasteiger partial charge in [0.15, 0.2) is 0 Å². The molecule has 0 aliphatic carbocycles. The zero-order chi connectivity index (χ0) is 7.82. The molecule has 58 valence electrons. The molecule has 0 radical (unpaired) electrons. The molecule has 0 bridgehead atoms. The van der Waals surface area contributed by atoms with Gasteiger partial charge in [-0.25, -0.2) is 0 Å². The van der Waals surface area contributed by atoms with E-state index in [1.807, 2.05) is 13.8 Å². The first-order chi connectivity index (χ1) is 4.81. The molecule has 0 aromatic rings. The number of hydrogen-bond donors (Lipinski definition) is 2. The largest absolute Gasteiger partial charge is 0.395 e. The normalized spacial score (nSPS) is 11.9. The highest BCUT2D eigenvalue weighted by atomic mass is 16.3. The van der Waals surface area contributed by atoms with Gasteiger partial charge in [0.2, 0.25) is 0 Å². The van der Waals surface area contributed by atoms with Crippen LogP contribution in [-0.2, 0) is 0 Å². The van der Waals surface area contributed by atoms with Crippen molar-refractivity contribution in [3.05, 3.63) is 0 Å². The van der Waals surface area contributed by atoms with Crippen molar-refractivity contribution in [2.45, 2.75) is 26.3 Å². The lowest BCUT2D eigenvalue weighted by molar-refractivity contribution is 0.252. The molecule has 0 amide bonds. The summed E-state index contributed by atoms with van der Waals surface area (Å²) in [7, 11) is 0. The number of hydrogen-bond acceptors (Lipinski definition) is 2. The van der Waals surface area contributed by atoms with Crippen LogP contribution in [0.3, 0.4) is 0 Å². The number of rotatable bonds is 4. The van der Waals surface area contributed by atoms with Gasteiger partial charge < -0.3 is 10.4 Å². The van der Waals surface area contributed by atoms with E-state index in [1.165, 1.54) is 0 Å². The molecule has 2 N–H and O–H groups in total. The molecule has 0 spiro atoms. The monoisotopic (exact) mass is 141 g/mol. The average molecular weight is 141 g/mol. The highest BCUT2D eigenvalue weighted by Gasteiger charge is 1.94. The molecule has 0 aliphatic rings. The predicted octanol–water partition coefficient (Wildman–Crippen LogP) is 0.370. The zero-order valence-electron chi connectivity index (χ0n) is 6.65. The van der Waals surface area contributed by atoms with Crippen molar-refractivity contribution < 1.29 is 5.11 Å². The first-order valence-corrected chi connectivity index (χ1v) is 3.55. The molecule has 0 saturated heterocycles. The molecule has 10 heavy (non-hydrogen) atoms. The van der Waals surface area contributed by atoms with Gasteiger partial charge in [-0.2, -0.15) is 0 Å². The van der Waals surface area contributed by atoms with Crippen LogP contribution >= 0.6 is 0 Å². The molecular formula is C8H15NO. The summed E-state index contributed by atoms with van der Waals surface area (Å²) in [5.41, 5.74) is 0. The fourth-order valence-corrected chi connectivity index (χ4v) is 0.571.